The zero-order valence-corrected chi connectivity index (χ0v) is 13.8. The predicted octanol–water partition coefficient (Wildman–Crippen LogP) is 0.346. The van der Waals surface area contributed by atoms with Crippen molar-refractivity contribution in [2.75, 3.05) is 20.2 Å². The minimum atomic E-state index is -3.58. The summed E-state index contributed by atoms with van der Waals surface area (Å²) in [6.07, 6.45) is 6.09. The molecule has 2 N–H and O–H groups in total. The number of nitrogens with zero attached hydrogens (tertiary/aromatic N) is 3. The number of piperidine rings is 1. The van der Waals surface area contributed by atoms with Gasteiger partial charge in [-0.25, -0.2) is 13.4 Å². The third-order valence-electron chi connectivity index (χ3n) is 4.68. The maximum Gasteiger partial charge on any atom is 0.262 e. The van der Waals surface area contributed by atoms with Crippen molar-refractivity contribution in [1.29, 1.82) is 0 Å². The Bertz CT molecular complexity index is 605. The van der Waals surface area contributed by atoms with Crippen LogP contribution in [0.15, 0.2) is 11.2 Å². The van der Waals surface area contributed by atoms with Gasteiger partial charge in [0.1, 0.15) is 5.82 Å². The maximum absolute atomic E-state index is 12.9. The Balaban J connectivity index is 1.87. The number of nitrogens with two attached hydrogens (primary N) is 1. The maximum atomic E-state index is 12.9. The lowest BCUT2D eigenvalue weighted by Crippen LogP contribution is -2.51. The summed E-state index contributed by atoms with van der Waals surface area (Å²) in [7, 11) is -1.92. The first-order chi connectivity index (χ1) is 10.6. The summed E-state index contributed by atoms with van der Waals surface area (Å²) in [5, 5.41) is 0.165. The molecule has 0 spiro atoms. The van der Waals surface area contributed by atoms with Crippen molar-refractivity contribution in [3.05, 3.63) is 12.0 Å². The fourth-order valence-corrected chi connectivity index (χ4v) is 5.00. The molecule has 0 saturated carbocycles. The van der Waals surface area contributed by atoms with Crippen LogP contribution in [-0.2, 0) is 27.7 Å². The topological polar surface area (TPSA) is 90.5 Å². The quantitative estimate of drug-likeness (QED) is 0.861. The molecule has 124 valence electrons. The Labute approximate surface area is 131 Å². The SMILES string of the molecule is COC1CCN(S(=O)(=O)c2cn3c(n2)CCCC3)C(CN)C1. The molecule has 0 amide bonds. The molecule has 1 fully saturated rings. The van der Waals surface area contributed by atoms with Crippen LogP contribution in [0.4, 0.5) is 0 Å². The number of methoxy groups -OCH3 is 1. The first-order valence-corrected chi connectivity index (χ1v) is 9.31. The number of hydrogen-bond acceptors (Lipinski definition) is 5. The van der Waals surface area contributed by atoms with Crippen LogP contribution < -0.4 is 5.73 Å². The van der Waals surface area contributed by atoms with Crippen molar-refractivity contribution in [2.45, 2.75) is 55.8 Å². The molecular formula is C14H24N4O3S. The number of ether oxygens (including phenoxy) is 1. The first kappa shape index (κ1) is 15.9. The van der Waals surface area contributed by atoms with Crippen molar-refractivity contribution in [3.63, 3.8) is 0 Å². The molecule has 3 heterocycles. The highest BCUT2D eigenvalue weighted by Gasteiger charge is 2.37. The van der Waals surface area contributed by atoms with Crippen LogP contribution in [-0.4, -0.2) is 54.6 Å². The molecule has 2 unspecified atom stereocenters. The average molecular weight is 328 g/mol. The molecule has 3 rings (SSSR count). The third-order valence-corrected chi connectivity index (χ3v) is 6.50. The van der Waals surface area contributed by atoms with Crippen molar-refractivity contribution < 1.29 is 13.2 Å². The van der Waals surface area contributed by atoms with Crippen molar-refractivity contribution in [3.8, 4) is 0 Å². The predicted molar refractivity (Wildman–Crippen MR) is 81.9 cm³/mol. The summed E-state index contributed by atoms with van der Waals surface area (Å²) in [6, 6.07) is -0.220. The third kappa shape index (κ3) is 2.80. The lowest BCUT2D eigenvalue weighted by atomic mass is 10.0. The molecule has 0 aromatic carbocycles. The highest BCUT2D eigenvalue weighted by Crippen LogP contribution is 2.27. The number of aromatic nitrogens is 2. The van der Waals surface area contributed by atoms with E-state index in [1.54, 1.807) is 13.3 Å². The number of imidazole rings is 1. The monoisotopic (exact) mass is 328 g/mol. The standard InChI is InChI=1S/C14H24N4O3S/c1-21-12-5-7-18(11(8-12)9-15)22(19,20)14-10-17-6-3-2-4-13(17)16-14/h10-12H,2-9,15H2,1H3. The van der Waals surface area contributed by atoms with Gasteiger partial charge < -0.3 is 15.0 Å². The number of hydrogen-bond donors (Lipinski definition) is 1. The molecule has 22 heavy (non-hydrogen) atoms. The minimum absolute atomic E-state index is 0.0789. The van der Waals surface area contributed by atoms with Crippen LogP contribution in [0.25, 0.3) is 0 Å². The van der Waals surface area contributed by atoms with Crippen molar-refractivity contribution in [1.82, 2.24) is 13.9 Å². The largest absolute Gasteiger partial charge is 0.381 e. The van der Waals surface area contributed by atoms with E-state index >= 15 is 0 Å². The molecule has 2 aliphatic rings. The minimum Gasteiger partial charge on any atom is -0.381 e. The van der Waals surface area contributed by atoms with Gasteiger partial charge in [0.15, 0.2) is 5.03 Å². The van der Waals surface area contributed by atoms with E-state index in [0.717, 1.165) is 31.6 Å². The molecule has 1 aromatic rings. The van der Waals surface area contributed by atoms with Gasteiger partial charge in [-0.15, -0.1) is 0 Å². The van der Waals surface area contributed by atoms with Gasteiger partial charge in [-0.1, -0.05) is 0 Å². The van der Waals surface area contributed by atoms with Crippen LogP contribution in [0.2, 0.25) is 0 Å². The van der Waals surface area contributed by atoms with Gasteiger partial charge in [0.2, 0.25) is 0 Å². The molecule has 8 heteroatoms. The molecule has 0 aliphatic carbocycles. The number of sulfonamides is 1. The van der Waals surface area contributed by atoms with Crippen LogP contribution in [0.1, 0.15) is 31.5 Å². The van der Waals surface area contributed by atoms with Gasteiger partial charge in [-0.05, 0) is 25.7 Å². The molecule has 1 aromatic heterocycles. The second kappa shape index (κ2) is 6.27. The molecule has 1 saturated heterocycles. The van der Waals surface area contributed by atoms with Crippen LogP contribution in [0.5, 0.6) is 0 Å². The van der Waals surface area contributed by atoms with Gasteiger partial charge in [-0.2, -0.15) is 4.31 Å². The van der Waals surface area contributed by atoms with Crippen LogP contribution in [0, 0.1) is 0 Å². The normalized spacial score (nSPS) is 26.8. The number of fused-ring (bicyclic) bond motifs is 1. The highest BCUT2D eigenvalue weighted by atomic mass is 32.2. The lowest BCUT2D eigenvalue weighted by Gasteiger charge is -2.36. The molecule has 0 bridgehead atoms. The van der Waals surface area contributed by atoms with Crippen LogP contribution in [0.3, 0.4) is 0 Å². The number of aryl methyl sites for hydroxylation is 2. The second-order valence-corrected chi connectivity index (χ2v) is 7.87. The Morgan fingerprint density at radius 3 is 2.91 bits per heavy atom. The zero-order valence-electron chi connectivity index (χ0n) is 12.9. The molecule has 0 radical (unpaired) electrons. The van der Waals surface area contributed by atoms with Crippen LogP contribution >= 0.6 is 0 Å². The Morgan fingerprint density at radius 1 is 1.41 bits per heavy atom. The molecule has 7 nitrogen and oxygen atoms in total. The van der Waals surface area contributed by atoms with Gasteiger partial charge in [0, 0.05) is 45.4 Å². The van der Waals surface area contributed by atoms with E-state index in [1.807, 2.05) is 4.57 Å². The van der Waals surface area contributed by atoms with E-state index in [-0.39, 0.29) is 17.2 Å². The van der Waals surface area contributed by atoms with E-state index in [9.17, 15) is 8.42 Å². The summed E-state index contributed by atoms with van der Waals surface area (Å²) in [5.41, 5.74) is 5.80. The van der Waals surface area contributed by atoms with E-state index in [4.69, 9.17) is 10.5 Å². The van der Waals surface area contributed by atoms with E-state index in [2.05, 4.69) is 4.98 Å². The smallest absolute Gasteiger partial charge is 0.262 e. The summed E-state index contributed by atoms with van der Waals surface area (Å²) in [5.74, 6) is 0.876. The van der Waals surface area contributed by atoms with E-state index < -0.39 is 10.0 Å². The zero-order chi connectivity index (χ0) is 15.7. The molecule has 2 atom stereocenters. The van der Waals surface area contributed by atoms with E-state index in [1.165, 1.54) is 4.31 Å². The second-order valence-electron chi connectivity index (χ2n) is 6.03. The average Bonchev–Trinajstić information content (AvgIpc) is 2.99. The lowest BCUT2D eigenvalue weighted by molar-refractivity contribution is 0.0401. The van der Waals surface area contributed by atoms with Gasteiger partial charge in [0.05, 0.1) is 6.10 Å². The Kier molecular flexibility index (Phi) is 4.54. The van der Waals surface area contributed by atoms with Crippen molar-refractivity contribution in [2.24, 2.45) is 5.73 Å². The summed E-state index contributed by atoms with van der Waals surface area (Å²) < 4.78 is 34.7. The van der Waals surface area contributed by atoms with Crippen molar-refractivity contribution >= 4 is 10.0 Å². The first-order valence-electron chi connectivity index (χ1n) is 7.87. The molecular weight excluding hydrogens is 304 g/mol. The molecule has 2 aliphatic heterocycles. The highest BCUT2D eigenvalue weighted by molar-refractivity contribution is 7.89. The summed E-state index contributed by atoms with van der Waals surface area (Å²) in [6.45, 7) is 1.58. The van der Waals surface area contributed by atoms with Gasteiger partial charge >= 0.3 is 0 Å². The summed E-state index contributed by atoms with van der Waals surface area (Å²) >= 11 is 0. The van der Waals surface area contributed by atoms with Gasteiger partial charge in [0.25, 0.3) is 10.0 Å². The fourth-order valence-electron chi connectivity index (χ4n) is 3.37. The number of rotatable bonds is 4. The Hall–Kier alpha value is -0.960. The summed E-state index contributed by atoms with van der Waals surface area (Å²) in [4.78, 5) is 4.37. The Morgan fingerprint density at radius 2 is 2.23 bits per heavy atom. The van der Waals surface area contributed by atoms with E-state index in [0.29, 0.717) is 25.9 Å². The fraction of sp³-hybridized carbons (Fsp3) is 0.786. The van der Waals surface area contributed by atoms with Gasteiger partial charge in [-0.3, -0.25) is 0 Å².